The van der Waals surface area contributed by atoms with E-state index in [9.17, 15) is 0 Å². The van der Waals surface area contributed by atoms with Crippen molar-refractivity contribution < 1.29 is 3.63 Å². The molecule has 0 aliphatic rings. The van der Waals surface area contributed by atoms with Crippen molar-refractivity contribution in [1.29, 1.82) is 0 Å². The minimum atomic E-state index is 1.33. The van der Waals surface area contributed by atoms with Crippen LogP contribution in [0.25, 0.3) is 0 Å². The first-order valence-corrected chi connectivity index (χ1v) is 5.33. The molecule has 0 fully saturated rings. The molecule has 0 bridgehead atoms. The molecule has 0 atom stereocenters. The lowest BCUT2D eigenvalue weighted by Crippen LogP contribution is -1.44. The Labute approximate surface area is 52.2 Å². The molecule has 0 spiro atoms. The molecule has 0 radical (unpaired) electrons. The van der Waals surface area contributed by atoms with E-state index in [1.165, 1.54) is 21.3 Å². The molecule has 0 aromatic rings. The zero-order valence-corrected chi connectivity index (χ0v) is 6.39. The predicted octanol–water partition coefficient (Wildman–Crippen LogP) is 2.28. The Hall–Kier alpha value is 1.39. The molecule has 0 unspecified atom stereocenters. The second-order valence-electron chi connectivity index (χ2n) is 0.298. The summed E-state index contributed by atoms with van der Waals surface area (Å²) in [5.41, 5.74) is 0. The van der Waals surface area contributed by atoms with E-state index in [-0.39, 0.29) is 0 Å². The van der Waals surface area contributed by atoms with Crippen molar-refractivity contribution in [2.24, 2.45) is 0 Å². The Morgan fingerprint density at radius 2 is 2.40 bits per heavy atom. The van der Waals surface area contributed by atoms with Gasteiger partial charge in [-0.05, 0) is 0 Å². The second-order valence-corrected chi connectivity index (χ2v) is 2.38. The van der Waals surface area contributed by atoms with Gasteiger partial charge in [-0.3, -0.25) is 0 Å². The molecule has 0 saturated heterocycles. The van der Waals surface area contributed by atoms with Gasteiger partial charge in [0.05, 0.1) is 9.21 Å². The van der Waals surface area contributed by atoms with Crippen LogP contribution >= 0.6 is 42.5 Å². The maximum Gasteiger partial charge on any atom is 0.0805 e. The highest BCUT2D eigenvalue weighted by Gasteiger charge is 1.69. The monoisotopic (exact) mass is 222 g/mol. The fraction of sp³-hybridized carbons (Fsp3) is 1.00. The van der Waals surface area contributed by atoms with Gasteiger partial charge in [0.1, 0.15) is 0 Å². The van der Waals surface area contributed by atoms with Crippen LogP contribution in [0.3, 0.4) is 0 Å². The average Bonchev–Trinajstić information content (AvgIpc) is 1.41. The largest absolute Gasteiger partial charge is 0.237 e. The highest BCUT2D eigenvalue weighted by molar-refractivity contribution is 14.2. The quantitative estimate of drug-likeness (QED) is 0.524. The van der Waals surface area contributed by atoms with Crippen molar-refractivity contribution in [3.8, 4) is 0 Å². The van der Waals surface area contributed by atoms with Gasteiger partial charge in [-0.15, -0.1) is 0 Å². The first kappa shape index (κ1) is 6.39. The Morgan fingerprint density at radius 1 is 1.80 bits per heavy atom. The summed E-state index contributed by atoms with van der Waals surface area (Å²) < 4.78 is 4.65. The second kappa shape index (κ2) is 5.39. The van der Waals surface area contributed by atoms with Gasteiger partial charge in [-0.2, -0.15) is 0 Å². The lowest BCUT2D eigenvalue weighted by atomic mass is 12.0. The molecule has 0 N–H and O–H groups in total. The van der Waals surface area contributed by atoms with Crippen LogP contribution in [0.15, 0.2) is 0 Å². The summed E-state index contributed by atoms with van der Waals surface area (Å²) >= 11 is 3.42. The van der Waals surface area contributed by atoms with Crippen molar-refractivity contribution in [2.45, 2.75) is 0 Å². The van der Waals surface area contributed by atoms with Crippen LogP contribution in [-0.4, -0.2) is 6.26 Å². The SMILES string of the molecule is CSOSI. The topological polar surface area (TPSA) is 9.23 Å². The van der Waals surface area contributed by atoms with Gasteiger partial charge in [0.25, 0.3) is 0 Å². The Balaban J connectivity index is 2.19. The molecule has 0 aromatic carbocycles. The van der Waals surface area contributed by atoms with Crippen LogP contribution in [0, 0.1) is 0 Å². The van der Waals surface area contributed by atoms with Gasteiger partial charge in [0, 0.05) is 39.5 Å². The fourth-order valence-electron chi connectivity index (χ4n) is 0.0257. The van der Waals surface area contributed by atoms with Gasteiger partial charge < -0.3 is 0 Å². The molecule has 0 saturated carbocycles. The van der Waals surface area contributed by atoms with Crippen molar-refractivity contribution in [2.75, 3.05) is 6.26 Å². The van der Waals surface area contributed by atoms with Gasteiger partial charge >= 0.3 is 0 Å². The van der Waals surface area contributed by atoms with E-state index in [2.05, 4.69) is 24.8 Å². The van der Waals surface area contributed by atoms with Crippen molar-refractivity contribution in [3.05, 3.63) is 0 Å². The summed E-state index contributed by atoms with van der Waals surface area (Å²) in [5.74, 6) is 0. The smallest absolute Gasteiger partial charge is 0.0805 e. The average molecular weight is 222 g/mol. The van der Waals surface area contributed by atoms with E-state index in [1.807, 2.05) is 6.26 Å². The Morgan fingerprint density at radius 3 is 2.40 bits per heavy atom. The van der Waals surface area contributed by atoms with Crippen molar-refractivity contribution >= 4 is 42.5 Å². The van der Waals surface area contributed by atoms with Gasteiger partial charge in [-0.1, -0.05) is 0 Å². The zero-order valence-electron chi connectivity index (χ0n) is 2.60. The summed E-state index contributed by atoms with van der Waals surface area (Å²) in [6.45, 7) is 0. The fourth-order valence-corrected chi connectivity index (χ4v) is 1.55. The molecule has 4 heteroatoms. The number of hydrogen-bond acceptors (Lipinski definition) is 3. The van der Waals surface area contributed by atoms with E-state index in [4.69, 9.17) is 0 Å². The van der Waals surface area contributed by atoms with Crippen LogP contribution in [0.1, 0.15) is 0 Å². The Kier molecular flexibility index (Phi) is 6.89. The standard InChI is InChI=1S/CH3IOS2/c1-4-3-5-2/h1H3. The third-order valence-corrected chi connectivity index (χ3v) is 2.17. The van der Waals surface area contributed by atoms with E-state index in [0.29, 0.717) is 0 Å². The number of hydrogen-bond donors (Lipinski definition) is 0. The number of halogens is 1. The molecule has 32 valence electrons. The summed E-state index contributed by atoms with van der Waals surface area (Å²) in [5, 5.41) is 0. The normalized spacial score (nSPS) is 8.40. The van der Waals surface area contributed by atoms with Crippen molar-refractivity contribution in [3.63, 3.8) is 0 Å². The Bertz CT molecular complexity index is 17.1. The molecule has 0 heterocycles. The molecular weight excluding hydrogens is 219 g/mol. The molecule has 0 amide bonds. The third-order valence-electron chi connectivity index (χ3n) is 0.0938. The highest BCUT2D eigenvalue weighted by atomic mass is 127. The van der Waals surface area contributed by atoms with E-state index in [0.717, 1.165) is 0 Å². The van der Waals surface area contributed by atoms with Gasteiger partial charge in [0.15, 0.2) is 0 Å². The first-order valence-electron chi connectivity index (χ1n) is 0.896. The van der Waals surface area contributed by atoms with Gasteiger partial charge in [0.2, 0.25) is 0 Å². The molecule has 0 rings (SSSR count). The van der Waals surface area contributed by atoms with Crippen molar-refractivity contribution in [1.82, 2.24) is 0 Å². The van der Waals surface area contributed by atoms with Crippen LogP contribution in [0.5, 0.6) is 0 Å². The number of rotatable bonds is 2. The predicted molar refractivity (Wildman–Crippen MR) is 36.2 cm³/mol. The molecule has 0 aliphatic carbocycles. The maximum atomic E-state index is 4.65. The maximum absolute atomic E-state index is 4.65. The van der Waals surface area contributed by atoms with Crippen LogP contribution in [-0.2, 0) is 3.63 Å². The molecule has 0 aliphatic heterocycles. The minimum absolute atomic E-state index is 1.33. The van der Waals surface area contributed by atoms with E-state index < -0.39 is 0 Å². The molecule has 1 nitrogen and oxygen atoms in total. The molecular formula is CH3IOS2. The third kappa shape index (κ3) is 5.39. The summed E-state index contributed by atoms with van der Waals surface area (Å²) in [4.78, 5) is 0. The van der Waals surface area contributed by atoms with Crippen LogP contribution < -0.4 is 0 Å². The lowest BCUT2D eigenvalue weighted by Gasteiger charge is -1.79. The first-order chi connectivity index (χ1) is 2.41. The highest BCUT2D eigenvalue weighted by Crippen LogP contribution is 2.18. The summed E-state index contributed by atoms with van der Waals surface area (Å²) in [7, 11) is 1.33. The van der Waals surface area contributed by atoms with E-state index in [1.54, 1.807) is 0 Å². The minimum Gasteiger partial charge on any atom is -0.237 e. The molecule has 0 aromatic heterocycles. The lowest BCUT2D eigenvalue weighted by molar-refractivity contribution is 0.778. The summed E-state index contributed by atoms with van der Waals surface area (Å²) in [6.07, 6.45) is 1.88. The van der Waals surface area contributed by atoms with E-state index >= 15 is 0 Å². The zero-order chi connectivity index (χ0) is 4.12. The van der Waals surface area contributed by atoms with Crippen LogP contribution in [0.2, 0.25) is 0 Å². The van der Waals surface area contributed by atoms with Crippen LogP contribution in [0.4, 0.5) is 0 Å². The van der Waals surface area contributed by atoms with Gasteiger partial charge in [-0.25, -0.2) is 3.63 Å². The summed E-state index contributed by atoms with van der Waals surface area (Å²) in [6, 6.07) is 0. The molecule has 5 heavy (non-hydrogen) atoms.